The Kier molecular flexibility index (Phi) is 3.28. The zero-order chi connectivity index (χ0) is 15.9. The summed E-state index contributed by atoms with van der Waals surface area (Å²) in [5, 5.41) is 0. The molecule has 1 heterocycles. The zero-order valence-corrected chi connectivity index (χ0v) is 11.7. The Morgan fingerprint density at radius 3 is 2.45 bits per heavy atom. The van der Waals surface area contributed by atoms with Crippen LogP contribution in [0.2, 0.25) is 0 Å². The van der Waals surface area contributed by atoms with Gasteiger partial charge >= 0.3 is 6.18 Å². The van der Waals surface area contributed by atoms with Gasteiger partial charge in [0.2, 0.25) is 5.91 Å². The molecule has 2 aromatic rings. The maximum atomic E-state index is 13.0. The van der Waals surface area contributed by atoms with E-state index in [1.54, 1.807) is 36.5 Å². The van der Waals surface area contributed by atoms with Gasteiger partial charge in [-0.05, 0) is 35.4 Å². The Hall–Kier alpha value is -2.56. The van der Waals surface area contributed by atoms with Crippen molar-refractivity contribution >= 4 is 17.7 Å². The molecule has 0 atom stereocenters. The van der Waals surface area contributed by atoms with Crippen molar-refractivity contribution in [2.45, 2.75) is 13.1 Å². The van der Waals surface area contributed by atoms with Crippen LogP contribution in [0.5, 0.6) is 0 Å². The van der Waals surface area contributed by atoms with Gasteiger partial charge in [0.25, 0.3) is 0 Å². The summed E-state index contributed by atoms with van der Waals surface area (Å²) in [6.45, 7) is 1.38. The molecule has 3 rings (SSSR count). The quantitative estimate of drug-likeness (QED) is 0.690. The van der Waals surface area contributed by atoms with E-state index in [0.29, 0.717) is 16.8 Å². The van der Waals surface area contributed by atoms with E-state index in [4.69, 9.17) is 0 Å². The van der Waals surface area contributed by atoms with Crippen LogP contribution in [-0.2, 0) is 11.0 Å². The van der Waals surface area contributed by atoms with Gasteiger partial charge in [0.15, 0.2) is 0 Å². The number of hydrogen-bond donors (Lipinski definition) is 0. The molecule has 0 unspecified atom stereocenters. The molecule has 0 aromatic heterocycles. The van der Waals surface area contributed by atoms with Crippen LogP contribution in [0.1, 0.15) is 18.1 Å². The second-order valence-corrected chi connectivity index (χ2v) is 5.02. The molecular formula is C17H12F3NO. The number of carbonyl (C=O) groups excluding carboxylic acids is 1. The van der Waals surface area contributed by atoms with Gasteiger partial charge < -0.3 is 0 Å². The highest BCUT2D eigenvalue weighted by atomic mass is 19.4. The second kappa shape index (κ2) is 5.02. The lowest BCUT2D eigenvalue weighted by Crippen LogP contribution is -2.22. The van der Waals surface area contributed by atoms with Gasteiger partial charge in [-0.3, -0.25) is 9.69 Å². The molecule has 0 N–H and O–H groups in total. The van der Waals surface area contributed by atoms with Crippen molar-refractivity contribution in [1.82, 2.24) is 0 Å². The molecule has 2 nitrogen and oxygen atoms in total. The molecule has 0 fully saturated rings. The molecule has 1 aliphatic heterocycles. The number of hydrogen-bond acceptors (Lipinski definition) is 1. The predicted octanol–water partition coefficient (Wildman–Crippen LogP) is 4.71. The summed E-state index contributed by atoms with van der Waals surface area (Å²) in [5.41, 5.74) is 1.55. The summed E-state index contributed by atoms with van der Waals surface area (Å²) in [6, 6.07) is 10.6. The van der Waals surface area contributed by atoms with Crippen LogP contribution in [-0.4, -0.2) is 5.91 Å². The molecule has 0 bridgehead atoms. The van der Waals surface area contributed by atoms with Gasteiger partial charge in [-0.2, -0.15) is 13.2 Å². The normalized spacial score (nSPS) is 13.4. The molecule has 1 amide bonds. The summed E-state index contributed by atoms with van der Waals surface area (Å²) >= 11 is 0. The van der Waals surface area contributed by atoms with E-state index in [9.17, 15) is 18.0 Å². The maximum absolute atomic E-state index is 13.0. The van der Waals surface area contributed by atoms with E-state index in [1.807, 2.05) is 0 Å². The van der Waals surface area contributed by atoms with E-state index < -0.39 is 11.7 Å². The van der Waals surface area contributed by atoms with Crippen LogP contribution in [0.3, 0.4) is 0 Å². The molecule has 0 spiro atoms. The Morgan fingerprint density at radius 1 is 1.05 bits per heavy atom. The third kappa shape index (κ3) is 2.39. The number of benzene rings is 2. The molecule has 0 saturated carbocycles. The monoisotopic (exact) mass is 303 g/mol. The summed E-state index contributed by atoms with van der Waals surface area (Å²) in [7, 11) is 0. The van der Waals surface area contributed by atoms with E-state index >= 15 is 0 Å². The van der Waals surface area contributed by atoms with E-state index in [0.717, 1.165) is 17.7 Å². The van der Waals surface area contributed by atoms with Crippen molar-refractivity contribution in [3.8, 4) is 11.1 Å². The zero-order valence-electron chi connectivity index (χ0n) is 11.7. The fraction of sp³-hybridized carbons (Fsp3) is 0.118. The number of alkyl halides is 3. The van der Waals surface area contributed by atoms with Gasteiger partial charge in [-0.15, -0.1) is 0 Å². The lowest BCUT2D eigenvalue weighted by Gasteiger charge is -2.20. The minimum Gasteiger partial charge on any atom is -0.287 e. The Morgan fingerprint density at radius 2 is 1.77 bits per heavy atom. The Balaban J connectivity index is 2.30. The van der Waals surface area contributed by atoms with Crippen LogP contribution in [0, 0.1) is 0 Å². The van der Waals surface area contributed by atoms with Crippen LogP contribution < -0.4 is 4.90 Å². The van der Waals surface area contributed by atoms with Crippen molar-refractivity contribution in [3.63, 3.8) is 0 Å². The molecule has 0 saturated heterocycles. The highest BCUT2D eigenvalue weighted by Gasteiger charge is 2.32. The largest absolute Gasteiger partial charge is 0.416 e. The summed E-state index contributed by atoms with van der Waals surface area (Å²) < 4.78 is 39.0. The predicted molar refractivity (Wildman–Crippen MR) is 79.1 cm³/mol. The second-order valence-electron chi connectivity index (χ2n) is 5.02. The number of anilines is 1. The number of amides is 1. The molecule has 1 aliphatic rings. The van der Waals surface area contributed by atoms with Crippen molar-refractivity contribution in [2.75, 3.05) is 4.90 Å². The van der Waals surface area contributed by atoms with E-state index in [2.05, 4.69) is 0 Å². The number of rotatable bonds is 0. The number of halogens is 3. The fourth-order valence-corrected chi connectivity index (χ4v) is 2.54. The lowest BCUT2D eigenvalue weighted by molar-refractivity contribution is -0.137. The number of fused-ring (bicyclic) bond motifs is 3. The first-order chi connectivity index (χ1) is 10.4. The lowest BCUT2D eigenvalue weighted by atomic mass is 9.97. The maximum Gasteiger partial charge on any atom is 0.416 e. The van der Waals surface area contributed by atoms with Gasteiger partial charge in [0, 0.05) is 18.7 Å². The molecule has 112 valence electrons. The van der Waals surface area contributed by atoms with Gasteiger partial charge in [0.05, 0.1) is 11.3 Å². The molecule has 0 aliphatic carbocycles. The SMILES string of the molecule is CC(=O)N1C=Cc2ccccc2-c2cc(C(F)(F)F)ccc21. The van der Waals surface area contributed by atoms with Crippen LogP contribution >= 0.6 is 0 Å². The first-order valence-corrected chi connectivity index (χ1v) is 6.66. The fourth-order valence-electron chi connectivity index (χ4n) is 2.54. The minimum absolute atomic E-state index is 0.259. The van der Waals surface area contributed by atoms with Crippen molar-refractivity contribution in [3.05, 3.63) is 59.8 Å². The van der Waals surface area contributed by atoms with E-state index in [1.165, 1.54) is 17.9 Å². The molecule has 5 heteroatoms. The van der Waals surface area contributed by atoms with Crippen LogP contribution in [0.15, 0.2) is 48.7 Å². The average molecular weight is 303 g/mol. The van der Waals surface area contributed by atoms with Crippen molar-refractivity contribution in [1.29, 1.82) is 0 Å². The summed E-state index contributed by atoms with van der Waals surface area (Å²) in [4.78, 5) is 13.2. The Labute approximate surface area is 125 Å². The Bertz CT molecular complexity index is 778. The first-order valence-electron chi connectivity index (χ1n) is 6.66. The third-order valence-electron chi connectivity index (χ3n) is 3.58. The highest BCUT2D eigenvalue weighted by molar-refractivity contribution is 6.01. The first kappa shape index (κ1) is 14.4. The van der Waals surface area contributed by atoms with Gasteiger partial charge in [-0.1, -0.05) is 24.3 Å². The molecule has 22 heavy (non-hydrogen) atoms. The summed E-state index contributed by atoms with van der Waals surface area (Å²) in [6.07, 6.45) is -1.12. The topological polar surface area (TPSA) is 20.3 Å². The molecule has 2 aromatic carbocycles. The minimum atomic E-state index is -4.43. The van der Waals surface area contributed by atoms with Crippen molar-refractivity contribution < 1.29 is 18.0 Å². The number of nitrogens with zero attached hydrogens (tertiary/aromatic N) is 1. The van der Waals surface area contributed by atoms with Crippen molar-refractivity contribution in [2.24, 2.45) is 0 Å². The smallest absolute Gasteiger partial charge is 0.287 e. The number of carbonyl (C=O) groups is 1. The average Bonchev–Trinajstić information content (AvgIpc) is 2.62. The van der Waals surface area contributed by atoms with E-state index in [-0.39, 0.29) is 5.91 Å². The van der Waals surface area contributed by atoms with Gasteiger partial charge in [0.1, 0.15) is 0 Å². The third-order valence-corrected chi connectivity index (χ3v) is 3.58. The standard InChI is InChI=1S/C17H12F3NO/c1-11(22)21-9-8-12-4-2-3-5-14(12)15-10-13(17(18,19)20)6-7-16(15)21/h2-10H,1H3. The molecular weight excluding hydrogens is 291 g/mol. The van der Waals surface area contributed by atoms with Crippen LogP contribution in [0.25, 0.3) is 17.2 Å². The van der Waals surface area contributed by atoms with Gasteiger partial charge in [-0.25, -0.2) is 0 Å². The summed E-state index contributed by atoms with van der Waals surface area (Å²) in [5.74, 6) is -0.259. The molecule has 0 radical (unpaired) electrons. The van der Waals surface area contributed by atoms with Crippen LogP contribution in [0.4, 0.5) is 18.9 Å². The highest BCUT2D eigenvalue weighted by Crippen LogP contribution is 2.40.